The van der Waals surface area contributed by atoms with Crippen LogP contribution in [-0.4, -0.2) is 11.1 Å². The minimum atomic E-state index is -0.623. The van der Waals surface area contributed by atoms with E-state index in [1.54, 1.807) is 16.7 Å². The summed E-state index contributed by atoms with van der Waals surface area (Å²) in [4.78, 5) is 11.4. The maximum Gasteiger partial charge on any atom is 0.303 e. The highest BCUT2D eigenvalue weighted by Gasteiger charge is 2.53. The molecular weight excluding hydrogens is 284 g/mol. The summed E-state index contributed by atoms with van der Waals surface area (Å²) < 4.78 is 0. The van der Waals surface area contributed by atoms with Crippen LogP contribution in [0, 0.1) is 22.7 Å². The zero-order chi connectivity index (χ0) is 16.8. The third-order valence-electron chi connectivity index (χ3n) is 7.15. The van der Waals surface area contributed by atoms with Gasteiger partial charge < -0.3 is 5.11 Å². The monoisotopic (exact) mass is 316 g/mol. The van der Waals surface area contributed by atoms with E-state index in [0.717, 1.165) is 12.8 Å². The molecule has 0 unspecified atom stereocenters. The average molecular weight is 316 g/mol. The Labute approximate surface area is 141 Å². The van der Waals surface area contributed by atoms with Crippen LogP contribution in [0.2, 0.25) is 0 Å². The Balaban J connectivity index is 1.97. The summed E-state index contributed by atoms with van der Waals surface area (Å²) in [7, 11) is 0. The van der Waals surface area contributed by atoms with Gasteiger partial charge in [0.25, 0.3) is 0 Å². The van der Waals surface area contributed by atoms with Crippen LogP contribution >= 0.6 is 0 Å². The van der Waals surface area contributed by atoms with Gasteiger partial charge in [-0.05, 0) is 66.8 Å². The van der Waals surface area contributed by atoms with Crippen molar-refractivity contribution in [3.8, 4) is 0 Å². The van der Waals surface area contributed by atoms with Gasteiger partial charge in [-0.1, -0.05) is 51.3 Å². The Hall–Kier alpha value is -1.05. The van der Waals surface area contributed by atoms with Crippen LogP contribution in [0.5, 0.6) is 0 Å². The zero-order valence-electron chi connectivity index (χ0n) is 15.2. The number of hydrogen-bond donors (Lipinski definition) is 1. The maximum absolute atomic E-state index is 11.4. The van der Waals surface area contributed by atoms with Gasteiger partial charge in [-0.25, -0.2) is 0 Å². The van der Waals surface area contributed by atoms with Crippen molar-refractivity contribution in [2.45, 2.75) is 79.1 Å². The second-order valence-corrected chi connectivity index (χ2v) is 8.96. The highest BCUT2D eigenvalue weighted by Crippen LogP contribution is 2.62. The number of carbonyl (C=O) groups is 1. The highest BCUT2D eigenvalue weighted by atomic mass is 16.4. The molecule has 23 heavy (non-hydrogen) atoms. The van der Waals surface area contributed by atoms with Crippen molar-refractivity contribution < 1.29 is 9.90 Å². The molecule has 3 atom stereocenters. The molecule has 3 rings (SSSR count). The fraction of sp³-hybridized carbons (Fsp3) is 0.762. The van der Waals surface area contributed by atoms with E-state index in [1.807, 2.05) is 0 Å². The van der Waals surface area contributed by atoms with Crippen LogP contribution in [-0.2, 0) is 4.79 Å². The summed E-state index contributed by atoms with van der Waals surface area (Å²) in [6.45, 7) is 9.29. The molecule has 0 aromatic rings. The molecule has 3 aliphatic rings. The molecular formula is C21H32O2. The van der Waals surface area contributed by atoms with Gasteiger partial charge in [0.05, 0.1) is 6.42 Å². The van der Waals surface area contributed by atoms with Gasteiger partial charge in [-0.3, -0.25) is 4.79 Å². The summed E-state index contributed by atoms with van der Waals surface area (Å²) >= 11 is 0. The molecule has 3 aliphatic carbocycles. The van der Waals surface area contributed by atoms with E-state index in [9.17, 15) is 9.90 Å². The minimum Gasteiger partial charge on any atom is -0.481 e. The lowest BCUT2D eigenvalue weighted by molar-refractivity contribution is -0.143. The van der Waals surface area contributed by atoms with Gasteiger partial charge in [0.1, 0.15) is 0 Å². The molecule has 0 aromatic heterocycles. The van der Waals surface area contributed by atoms with E-state index in [-0.39, 0.29) is 10.8 Å². The van der Waals surface area contributed by atoms with Gasteiger partial charge in [0.15, 0.2) is 0 Å². The first-order valence-electron chi connectivity index (χ1n) is 9.41. The smallest absolute Gasteiger partial charge is 0.303 e. The molecule has 0 radical (unpaired) electrons. The molecule has 0 amide bonds. The van der Waals surface area contributed by atoms with Gasteiger partial charge in [0, 0.05) is 0 Å². The third kappa shape index (κ3) is 2.79. The number of hydrogen-bond acceptors (Lipinski definition) is 1. The normalized spacial score (nSPS) is 37.3. The van der Waals surface area contributed by atoms with E-state index in [0.29, 0.717) is 18.3 Å². The number of carboxylic acids is 1. The Morgan fingerprint density at radius 1 is 1.26 bits per heavy atom. The van der Waals surface area contributed by atoms with Crippen molar-refractivity contribution in [1.29, 1.82) is 0 Å². The second kappa shape index (κ2) is 5.79. The summed E-state index contributed by atoms with van der Waals surface area (Å²) in [5.41, 5.74) is 5.08. The van der Waals surface area contributed by atoms with Crippen molar-refractivity contribution in [3.63, 3.8) is 0 Å². The van der Waals surface area contributed by atoms with Gasteiger partial charge >= 0.3 is 5.97 Å². The highest BCUT2D eigenvalue weighted by molar-refractivity contribution is 5.67. The van der Waals surface area contributed by atoms with Crippen molar-refractivity contribution in [2.75, 3.05) is 0 Å². The molecule has 0 spiro atoms. The largest absolute Gasteiger partial charge is 0.481 e. The number of aliphatic carboxylic acids is 1. The number of allylic oxidation sites excluding steroid dienone is 4. The van der Waals surface area contributed by atoms with E-state index < -0.39 is 5.97 Å². The molecule has 2 nitrogen and oxygen atoms in total. The van der Waals surface area contributed by atoms with Crippen LogP contribution in [0.1, 0.15) is 79.1 Å². The zero-order valence-corrected chi connectivity index (χ0v) is 15.2. The lowest BCUT2D eigenvalue weighted by Crippen LogP contribution is -2.48. The SMILES string of the molecule is CC(C)C1=CC2=C(CC1)[C@@]1(C)CCC[C@@](C)(CC(=O)O)[C@@H]1CC2. The summed E-state index contributed by atoms with van der Waals surface area (Å²) in [5, 5.41) is 9.41. The topological polar surface area (TPSA) is 37.3 Å². The number of fused-ring (bicyclic) bond motifs is 2. The number of carboxylic acid groups (broad SMARTS) is 1. The second-order valence-electron chi connectivity index (χ2n) is 8.96. The third-order valence-corrected chi connectivity index (χ3v) is 7.15. The predicted octanol–water partition coefficient (Wildman–Crippen LogP) is 5.74. The van der Waals surface area contributed by atoms with E-state index in [1.165, 1.54) is 32.1 Å². The van der Waals surface area contributed by atoms with Crippen LogP contribution in [0.4, 0.5) is 0 Å². The number of rotatable bonds is 3. The van der Waals surface area contributed by atoms with E-state index in [4.69, 9.17) is 0 Å². The fourth-order valence-electron chi connectivity index (χ4n) is 6.01. The van der Waals surface area contributed by atoms with Crippen molar-refractivity contribution in [1.82, 2.24) is 0 Å². The maximum atomic E-state index is 11.4. The van der Waals surface area contributed by atoms with Gasteiger partial charge in [-0.15, -0.1) is 0 Å². The Kier molecular flexibility index (Phi) is 4.23. The van der Waals surface area contributed by atoms with Crippen LogP contribution in [0.3, 0.4) is 0 Å². The van der Waals surface area contributed by atoms with E-state index >= 15 is 0 Å². The van der Waals surface area contributed by atoms with Crippen molar-refractivity contribution in [3.05, 3.63) is 22.8 Å². The van der Waals surface area contributed by atoms with Crippen molar-refractivity contribution >= 4 is 5.97 Å². The molecule has 0 aromatic carbocycles. The van der Waals surface area contributed by atoms with E-state index in [2.05, 4.69) is 33.8 Å². The van der Waals surface area contributed by atoms with Crippen LogP contribution in [0.25, 0.3) is 0 Å². The summed E-state index contributed by atoms with van der Waals surface area (Å²) in [5.74, 6) is 0.563. The molecule has 1 fully saturated rings. The Morgan fingerprint density at radius 2 is 2.00 bits per heavy atom. The van der Waals surface area contributed by atoms with Crippen LogP contribution < -0.4 is 0 Å². The standard InChI is InChI=1S/C21H32O2/c1-14(2)15-6-8-17-16(12-15)7-9-18-20(3,13-19(22)23)10-5-11-21(17,18)4/h12,14,18H,5-11,13H2,1-4H3,(H,22,23)/t18-,20-,21+/m0/s1. The minimum absolute atomic E-state index is 0.0284. The van der Waals surface area contributed by atoms with Gasteiger partial charge in [0.2, 0.25) is 0 Å². The molecule has 0 heterocycles. The summed E-state index contributed by atoms with van der Waals surface area (Å²) in [6, 6.07) is 0. The first-order valence-corrected chi connectivity index (χ1v) is 9.41. The van der Waals surface area contributed by atoms with Gasteiger partial charge in [-0.2, -0.15) is 0 Å². The van der Waals surface area contributed by atoms with Crippen molar-refractivity contribution in [2.24, 2.45) is 22.7 Å². The summed E-state index contributed by atoms with van der Waals surface area (Å²) in [6.07, 6.45) is 11.1. The van der Waals surface area contributed by atoms with Crippen LogP contribution in [0.15, 0.2) is 22.8 Å². The molecule has 1 saturated carbocycles. The molecule has 2 heteroatoms. The molecule has 0 aliphatic heterocycles. The molecule has 128 valence electrons. The lowest BCUT2D eigenvalue weighted by Gasteiger charge is -2.56. The predicted molar refractivity (Wildman–Crippen MR) is 94.2 cm³/mol. The quantitative estimate of drug-likeness (QED) is 0.720. The Bertz CT molecular complexity index is 568. The first-order chi connectivity index (χ1) is 10.8. The lowest BCUT2D eigenvalue weighted by atomic mass is 9.48. The first kappa shape index (κ1) is 16.8. The molecule has 0 saturated heterocycles. The molecule has 0 bridgehead atoms. The fourth-order valence-corrected chi connectivity index (χ4v) is 6.01. The molecule has 1 N–H and O–H groups in total. The Morgan fingerprint density at radius 3 is 2.65 bits per heavy atom. The average Bonchev–Trinajstić information content (AvgIpc) is 2.45.